The molecule has 35 heavy (non-hydrogen) atoms. The molecule has 3 aromatic carbocycles. The van der Waals surface area contributed by atoms with Crippen LogP contribution < -0.4 is 10.6 Å². The average Bonchev–Trinajstić information content (AvgIpc) is 3.61. The van der Waals surface area contributed by atoms with Gasteiger partial charge in [0.25, 0.3) is 5.91 Å². The van der Waals surface area contributed by atoms with E-state index in [1.807, 2.05) is 103 Å². The summed E-state index contributed by atoms with van der Waals surface area (Å²) in [6.45, 7) is 0. The summed E-state index contributed by atoms with van der Waals surface area (Å²) in [7, 11) is 0. The number of anilines is 3. The van der Waals surface area contributed by atoms with Gasteiger partial charge in [0.05, 0.1) is 17.6 Å². The topological polar surface area (TPSA) is 87.1 Å². The first-order valence-corrected chi connectivity index (χ1v) is 11.9. The van der Waals surface area contributed by atoms with Crippen LogP contribution in [0.2, 0.25) is 0 Å². The van der Waals surface area contributed by atoms with Crippen LogP contribution in [-0.2, 0) is 0 Å². The molecule has 1 amide bonds. The summed E-state index contributed by atoms with van der Waals surface area (Å²) in [5.74, 6) is 0.254. The molecule has 3 aromatic heterocycles. The maximum atomic E-state index is 13.5. The van der Waals surface area contributed by atoms with E-state index < -0.39 is 0 Å². The molecule has 0 spiro atoms. The predicted octanol–water partition coefficient (Wildman–Crippen LogP) is 6.45. The van der Waals surface area contributed by atoms with Gasteiger partial charge in [-0.15, -0.1) is 11.3 Å². The minimum Gasteiger partial charge on any atom is -0.340 e. The Bertz CT molecular complexity index is 1600. The summed E-state index contributed by atoms with van der Waals surface area (Å²) in [6, 6.07) is 29.4. The molecule has 170 valence electrons. The second-order valence-corrected chi connectivity index (χ2v) is 8.75. The van der Waals surface area contributed by atoms with E-state index in [4.69, 9.17) is 4.98 Å². The Kier molecular flexibility index (Phi) is 5.32. The zero-order valence-corrected chi connectivity index (χ0v) is 19.3. The molecule has 0 saturated heterocycles. The minimum atomic E-state index is -0.297. The third-order valence-corrected chi connectivity index (χ3v) is 6.30. The molecule has 0 aliphatic rings. The fraction of sp³-hybridized carbons (Fsp3) is 0. The lowest BCUT2D eigenvalue weighted by Crippen LogP contribution is -2.13. The van der Waals surface area contributed by atoms with E-state index >= 15 is 0 Å². The summed E-state index contributed by atoms with van der Waals surface area (Å²) in [5.41, 5.74) is 5.36. The SMILES string of the molecule is O=C(Nc1nc(-c2ccccc2)cs1)c1c(Nc2ccccc2)[nH]n2cc(-c3ccccc3)nc12. The minimum absolute atomic E-state index is 0.297. The lowest BCUT2D eigenvalue weighted by molar-refractivity contribution is 0.102. The Labute approximate surface area is 205 Å². The first kappa shape index (κ1) is 20.9. The molecule has 0 bridgehead atoms. The average molecular weight is 477 g/mol. The third-order valence-electron chi connectivity index (χ3n) is 5.55. The number of nitrogens with zero attached hydrogens (tertiary/aromatic N) is 3. The Morgan fingerprint density at radius 3 is 2.11 bits per heavy atom. The lowest BCUT2D eigenvalue weighted by Gasteiger charge is -2.07. The van der Waals surface area contributed by atoms with Crippen molar-refractivity contribution >= 4 is 39.5 Å². The smallest absolute Gasteiger partial charge is 0.265 e. The first-order chi connectivity index (χ1) is 17.2. The van der Waals surface area contributed by atoms with Gasteiger partial charge in [-0.2, -0.15) is 0 Å². The standard InChI is InChI=1S/C27H20N6OS/c34-26(31-27-30-22(17-35-27)19-12-6-2-7-13-19)23-24(28-20-14-8-3-9-15-20)32-33-16-21(29-25(23)33)18-10-4-1-5-11-18/h1-17,28,32H,(H,30,31,34). The van der Waals surface area contributed by atoms with Crippen LogP contribution in [0, 0.1) is 0 Å². The molecule has 0 atom stereocenters. The van der Waals surface area contributed by atoms with E-state index in [1.165, 1.54) is 11.3 Å². The Morgan fingerprint density at radius 1 is 0.800 bits per heavy atom. The normalized spacial score (nSPS) is 11.0. The molecule has 0 unspecified atom stereocenters. The van der Waals surface area contributed by atoms with Crippen molar-refractivity contribution in [2.75, 3.05) is 10.6 Å². The van der Waals surface area contributed by atoms with Gasteiger partial charge in [0.2, 0.25) is 0 Å². The number of H-pyrrole nitrogens is 1. The van der Waals surface area contributed by atoms with Crippen molar-refractivity contribution in [3.05, 3.63) is 108 Å². The number of hydrogen-bond donors (Lipinski definition) is 3. The lowest BCUT2D eigenvalue weighted by atomic mass is 10.2. The summed E-state index contributed by atoms with van der Waals surface area (Å²) in [6.07, 6.45) is 1.88. The van der Waals surface area contributed by atoms with E-state index in [9.17, 15) is 4.79 Å². The molecular formula is C27H20N6OS. The van der Waals surface area contributed by atoms with E-state index in [1.54, 1.807) is 4.52 Å². The van der Waals surface area contributed by atoms with E-state index in [0.29, 0.717) is 22.2 Å². The monoisotopic (exact) mass is 476 g/mol. The highest BCUT2D eigenvalue weighted by Gasteiger charge is 2.23. The summed E-state index contributed by atoms with van der Waals surface area (Å²) in [4.78, 5) is 22.9. The number of rotatable bonds is 6. The van der Waals surface area contributed by atoms with Crippen LogP contribution >= 0.6 is 11.3 Å². The van der Waals surface area contributed by atoms with Crippen molar-refractivity contribution in [3.63, 3.8) is 0 Å². The zero-order valence-electron chi connectivity index (χ0n) is 18.5. The van der Waals surface area contributed by atoms with Gasteiger partial charge >= 0.3 is 0 Å². The van der Waals surface area contributed by atoms with Crippen molar-refractivity contribution in [1.29, 1.82) is 0 Å². The van der Waals surface area contributed by atoms with Gasteiger partial charge in [-0.1, -0.05) is 78.9 Å². The van der Waals surface area contributed by atoms with E-state index in [-0.39, 0.29) is 5.91 Å². The first-order valence-electron chi connectivity index (χ1n) is 11.1. The van der Waals surface area contributed by atoms with Gasteiger partial charge in [-0.25, -0.2) is 14.5 Å². The van der Waals surface area contributed by atoms with Crippen molar-refractivity contribution in [2.45, 2.75) is 0 Å². The third kappa shape index (κ3) is 4.18. The molecule has 7 nitrogen and oxygen atoms in total. The molecule has 0 aliphatic heterocycles. The molecule has 0 aliphatic carbocycles. The number of imidazole rings is 1. The Morgan fingerprint density at radius 2 is 1.43 bits per heavy atom. The highest BCUT2D eigenvalue weighted by atomic mass is 32.1. The Hall–Kier alpha value is -4.69. The van der Waals surface area contributed by atoms with E-state index in [2.05, 4.69) is 20.7 Å². The summed E-state index contributed by atoms with van der Waals surface area (Å²) in [5, 5.41) is 12.0. The number of fused-ring (bicyclic) bond motifs is 1. The summed E-state index contributed by atoms with van der Waals surface area (Å²) >= 11 is 1.39. The van der Waals surface area contributed by atoms with Gasteiger partial charge in [-0.05, 0) is 12.1 Å². The molecule has 3 heterocycles. The molecule has 3 N–H and O–H groups in total. The van der Waals surface area contributed by atoms with Crippen LogP contribution in [0.15, 0.2) is 103 Å². The van der Waals surface area contributed by atoms with Crippen molar-refractivity contribution < 1.29 is 4.79 Å². The van der Waals surface area contributed by atoms with Crippen LogP contribution in [0.1, 0.15) is 10.4 Å². The molecule has 0 saturated carbocycles. The van der Waals surface area contributed by atoms with Crippen LogP contribution in [-0.4, -0.2) is 25.5 Å². The number of amides is 1. The van der Waals surface area contributed by atoms with Crippen LogP contribution in [0.4, 0.5) is 16.6 Å². The highest BCUT2D eigenvalue weighted by molar-refractivity contribution is 7.14. The molecular weight excluding hydrogens is 456 g/mol. The molecule has 0 fully saturated rings. The number of aromatic amines is 1. The molecule has 8 heteroatoms. The number of carbonyl (C=O) groups is 1. The Balaban J connectivity index is 1.37. The van der Waals surface area contributed by atoms with Crippen LogP contribution in [0.3, 0.4) is 0 Å². The number of nitrogens with one attached hydrogen (secondary N) is 3. The quantitative estimate of drug-likeness (QED) is 0.258. The zero-order chi connectivity index (χ0) is 23.6. The van der Waals surface area contributed by atoms with Gasteiger partial charge in [-0.3, -0.25) is 15.2 Å². The number of thiazole rings is 1. The second kappa shape index (κ2) is 8.92. The number of benzene rings is 3. The molecule has 6 rings (SSSR count). The fourth-order valence-electron chi connectivity index (χ4n) is 3.88. The molecule has 0 radical (unpaired) electrons. The van der Waals surface area contributed by atoms with Gasteiger partial charge in [0, 0.05) is 22.2 Å². The number of aromatic nitrogens is 4. The maximum absolute atomic E-state index is 13.5. The highest BCUT2D eigenvalue weighted by Crippen LogP contribution is 2.29. The van der Waals surface area contributed by atoms with E-state index in [0.717, 1.165) is 28.2 Å². The van der Waals surface area contributed by atoms with Gasteiger partial charge in [0.1, 0.15) is 11.4 Å². The van der Waals surface area contributed by atoms with Crippen molar-refractivity contribution in [3.8, 4) is 22.5 Å². The fourth-order valence-corrected chi connectivity index (χ4v) is 4.60. The number of hydrogen-bond acceptors (Lipinski definition) is 5. The van der Waals surface area contributed by atoms with Crippen LogP contribution in [0.5, 0.6) is 0 Å². The van der Waals surface area contributed by atoms with Gasteiger partial charge in [0.15, 0.2) is 10.8 Å². The number of carbonyl (C=O) groups excluding carboxylic acids is 1. The number of para-hydroxylation sites is 1. The maximum Gasteiger partial charge on any atom is 0.265 e. The van der Waals surface area contributed by atoms with Crippen molar-refractivity contribution in [2.24, 2.45) is 0 Å². The summed E-state index contributed by atoms with van der Waals surface area (Å²) < 4.78 is 1.76. The second-order valence-electron chi connectivity index (χ2n) is 7.90. The van der Waals surface area contributed by atoms with Crippen LogP contribution in [0.25, 0.3) is 28.2 Å². The van der Waals surface area contributed by atoms with Crippen molar-refractivity contribution in [1.82, 2.24) is 19.6 Å². The molecule has 6 aromatic rings. The largest absolute Gasteiger partial charge is 0.340 e. The van der Waals surface area contributed by atoms with Gasteiger partial charge < -0.3 is 5.32 Å². The predicted molar refractivity (Wildman–Crippen MR) is 140 cm³/mol.